The van der Waals surface area contributed by atoms with Gasteiger partial charge in [-0.05, 0) is 53.9 Å². The summed E-state index contributed by atoms with van der Waals surface area (Å²) in [5.41, 5.74) is 1.19. The van der Waals surface area contributed by atoms with E-state index in [0.29, 0.717) is 17.1 Å². The van der Waals surface area contributed by atoms with E-state index in [2.05, 4.69) is 5.27 Å². The van der Waals surface area contributed by atoms with Crippen molar-refractivity contribution in [2.24, 2.45) is 0 Å². The van der Waals surface area contributed by atoms with E-state index >= 15 is 0 Å². The van der Waals surface area contributed by atoms with E-state index in [1.165, 1.54) is 28.9 Å². The lowest BCUT2D eigenvalue weighted by Crippen LogP contribution is -2.46. The van der Waals surface area contributed by atoms with Gasteiger partial charge in [0.15, 0.2) is 5.95 Å². The molecule has 1 aliphatic heterocycles. The highest BCUT2D eigenvalue weighted by atomic mass is 19.1. The SMILES string of the molecule is COc1ccc(-[n+]2noc([O-])c2CN(C2CC2)C2CC(=O)N(c3ccc(F)cc3)C2=O)cc1. The number of amides is 2. The zero-order valence-corrected chi connectivity index (χ0v) is 17.8. The third-order valence-electron chi connectivity index (χ3n) is 5.97. The lowest BCUT2D eigenvalue weighted by molar-refractivity contribution is -0.678. The second kappa shape index (κ2) is 8.28. The molecule has 0 bridgehead atoms. The predicted molar refractivity (Wildman–Crippen MR) is 110 cm³/mol. The van der Waals surface area contributed by atoms with Crippen LogP contribution in [-0.4, -0.2) is 41.2 Å². The van der Waals surface area contributed by atoms with E-state index in [-0.39, 0.29) is 30.6 Å². The molecule has 2 aromatic carbocycles. The van der Waals surface area contributed by atoms with Gasteiger partial charge in [-0.2, -0.15) is 0 Å². The molecule has 1 aromatic heterocycles. The molecule has 1 unspecified atom stereocenters. The summed E-state index contributed by atoms with van der Waals surface area (Å²) in [5.74, 6) is -1.16. The molecule has 170 valence electrons. The van der Waals surface area contributed by atoms with Crippen LogP contribution in [0.2, 0.25) is 0 Å². The number of benzene rings is 2. The summed E-state index contributed by atoms with van der Waals surface area (Å²) in [5, 5.41) is 16.4. The van der Waals surface area contributed by atoms with Gasteiger partial charge in [-0.1, -0.05) is 0 Å². The van der Waals surface area contributed by atoms with Crippen molar-refractivity contribution in [1.29, 1.82) is 0 Å². The largest absolute Gasteiger partial charge is 0.539 e. The summed E-state index contributed by atoms with van der Waals surface area (Å²) >= 11 is 0. The van der Waals surface area contributed by atoms with Crippen LogP contribution in [0.3, 0.4) is 0 Å². The average Bonchev–Trinajstić information content (AvgIpc) is 3.54. The second-order valence-electron chi connectivity index (χ2n) is 8.08. The van der Waals surface area contributed by atoms with Crippen molar-refractivity contribution >= 4 is 17.5 Å². The van der Waals surface area contributed by atoms with E-state index in [0.717, 1.165) is 17.7 Å². The molecular formula is C23H21FN4O5. The van der Waals surface area contributed by atoms with Crippen molar-refractivity contribution in [3.8, 4) is 17.4 Å². The van der Waals surface area contributed by atoms with Crippen molar-refractivity contribution in [1.82, 2.24) is 10.2 Å². The maximum atomic E-state index is 13.3. The number of hydrogen-bond donors (Lipinski definition) is 0. The zero-order valence-electron chi connectivity index (χ0n) is 17.8. The van der Waals surface area contributed by atoms with Crippen LogP contribution in [0.5, 0.6) is 11.7 Å². The number of nitrogens with zero attached hydrogens (tertiary/aromatic N) is 4. The number of ether oxygens (including phenoxy) is 1. The van der Waals surface area contributed by atoms with Crippen molar-refractivity contribution in [2.75, 3.05) is 12.0 Å². The van der Waals surface area contributed by atoms with Crippen LogP contribution in [0.25, 0.3) is 5.69 Å². The number of carbonyl (C=O) groups is 2. The van der Waals surface area contributed by atoms with Crippen molar-refractivity contribution in [3.05, 3.63) is 60.0 Å². The molecular weight excluding hydrogens is 431 g/mol. The summed E-state index contributed by atoms with van der Waals surface area (Å²) in [6, 6.07) is 11.5. The molecule has 10 heteroatoms. The Morgan fingerprint density at radius 3 is 2.52 bits per heavy atom. The fourth-order valence-corrected chi connectivity index (χ4v) is 4.13. The van der Waals surface area contributed by atoms with Gasteiger partial charge in [-0.3, -0.25) is 14.5 Å². The minimum absolute atomic E-state index is 0.0191. The Labute approximate surface area is 188 Å². The lowest BCUT2D eigenvalue weighted by atomic mass is 10.2. The molecule has 3 aromatic rings. The molecule has 2 amide bonds. The lowest BCUT2D eigenvalue weighted by Gasteiger charge is -2.25. The van der Waals surface area contributed by atoms with Gasteiger partial charge >= 0.3 is 0 Å². The Morgan fingerprint density at radius 2 is 1.88 bits per heavy atom. The van der Waals surface area contributed by atoms with Gasteiger partial charge in [0.2, 0.25) is 11.6 Å². The Bertz CT molecular complexity index is 1190. The Morgan fingerprint density at radius 1 is 1.18 bits per heavy atom. The van der Waals surface area contributed by atoms with Gasteiger partial charge in [0.05, 0.1) is 37.1 Å². The standard InChI is InChI=1S/C23H21FN4O5/c1-32-18-10-8-17(9-11-18)28-20(23(31)33-25-28)13-26(15-6-7-15)19-12-21(29)27(22(19)30)16-4-2-14(24)3-5-16/h2-5,8-11,15,19H,6-7,12-13H2,1H3. The van der Waals surface area contributed by atoms with Gasteiger partial charge in [0.1, 0.15) is 11.6 Å². The van der Waals surface area contributed by atoms with Crippen molar-refractivity contribution in [2.45, 2.75) is 37.9 Å². The van der Waals surface area contributed by atoms with E-state index in [1.807, 2.05) is 4.90 Å². The zero-order chi connectivity index (χ0) is 23.1. The molecule has 5 rings (SSSR count). The first-order valence-electron chi connectivity index (χ1n) is 10.6. The fourth-order valence-electron chi connectivity index (χ4n) is 4.13. The van der Waals surface area contributed by atoms with Gasteiger partial charge in [0.25, 0.3) is 11.6 Å². The Kier molecular flexibility index (Phi) is 5.29. The van der Waals surface area contributed by atoms with Crippen LogP contribution in [0.1, 0.15) is 25.0 Å². The number of anilines is 1. The molecule has 0 spiro atoms. The minimum Gasteiger partial charge on any atom is -0.539 e. The molecule has 33 heavy (non-hydrogen) atoms. The molecule has 1 saturated carbocycles. The predicted octanol–water partition coefficient (Wildman–Crippen LogP) is 1.47. The van der Waals surface area contributed by atoms with Gasteiger partial charge in [-0.15, -0.1) is 0 Å². The average molecular weight is 452 g/mol. The number of halogens is 1. The number of rotatable bonds is 7. The van der Waals surface area contributed by atoms with Crippen LogP contribution in [0.4, 0.5) is 10.1 Å². The first-order chi connectivity index (χ1) is 16.0. The summed E-state index contributed by atoms with van der Waals surface area (Å²) in [4.78, 5) is 28.9. The first-order valence-corrected chi connectivity index (χ1v) is 10.6. The van der Waals surface area contributed by atoms with E-state index in [4.69, 9.17) is 9.26 Å². The van der Waals surface area contributed by atoms with Crippen LogP contribution >= 0.6 is 0 Å². The van der Waals surface area contributed by atoms with Crippen LogP contribution in [0.15, 0.2) is 53.1 Å². The van der Waals surface area contributed by atoms with Gasteiger partial charge in [-0.25, -0.2) is 9.29 Å². The normalized spacial score (nSPS) is 18.4. The number of imide groups is 1. The smallest absolute Gasteiger partial charge is 0.254 e. The van der Waals surface area contributed by atoms with Crippen molar-refractivity contribution < 1.29 is 33.0 Å². The van der Waals surface area contributed by atoms with Crippen molar-refractivity contribution in [3.63, 3.8) is 0 Å². The highest BCUT2D eigenvalue weighted by molar-refractivity contribution is 6.22. The quantitative estimate of drug-likeness (QED) is 0.395. The molecule has 2 fully saturated rings. The molecule has 1 aliphatic carbocycles. The highest BCUT2D eigenvalue weighted by Gasteiger charge is 2.48. The van der Waals surface area contributed by atoms with E-state index < -0.39 is 23.7 Å². The number of carbonyl (C=O) groups excluding carboxylic acids is 2. The molecule has 2 aliphatic rings. The third kappa shape index (κ3) is 3.93. The minimum atomic E-state index is -0.728. The van der Waals surface area contributed by atoms with Gasteiger partial charge in [0, 0.05) is 18.2 Å². The monoisotopic (exact) mass is 452 g/mol. The summed E-state index contributed by atoms with van der Waals surface area (Å²) in [6.07, 6.45) is 1.70. The first kappa shape index (κ1) is 21.1. The van der Waals surface area contributed by atoms with Gasteiger partial charge < -0.3 is 14.4 Å². The van der Waals surface area contributed by atoms with Crippen LogP contribution in [-0.2, 0) is 16.1 Å². The van der Waals surface area contributed by atoms with Crippen LogP contribution in [0, 0.1) is 5.82 Å². The summed E-state index contributed by atoms with van der Waals surface area (Å²) in [6.45, 7) is 0.0972. The Balaban J connectivity index is 1.43. The molecule has 1 atom stereocenters. The van der Waals surface area contributed by atoms with E-state index in [9.17, 15) is 19.1 Å². The third-order valence-corrected chi connectivity index (χ3v) is 5.97. The second-order valence-corrected chi connectivity index (χ2v) is 8.08. The molecule has 9 nitrogen and oxygen atoms in total. The number of methoxy groups -OCH3 is 1. The maximum Gasteiger partial charge on any atom is 0.254 e. The molecule has 0 N–H and O–H groups in total. The molecule has 1 saturated heterocycles. The summed E-state index contributed by atoms with van der Waals surface area (Å²) in [7, 11) is 1.56. The highest BCUT2D eigenvalue weighted by Crippen LogP contribution is 2.35. The Hall–Kier alpha value is -3.79. The number of hydrogen-bond acceptors (Lipinski definition) is 7. The molecule has 0 radical (unpaired) electrons. The summed E-state index contributed by atoms with van der Waals surface area (Å²) < 4.78 is 24.8. The topological polar surface area (TPSA) is 103 Å². The fraction of sp³-hybridized carbons (Fsp3) is 0.304. The maximum absolute atomic E-state index is 13.3. The van der Waals surface area contributed by atoms with Crippen LogP contribution < -0.4 is 19.4 Å². The number of aromatic nitrogens is 2. The molecule has 2 heterocycles. The van der Waals surface area contributed by atoms with E-state index in [1.54, 1.807) is 31.4 Å².